The first kappa shape index (κ1) is 22.3. The number of nitrogens with zero attached hydrogens (tertiary/aromatic N) is 3. The van der Waals surface area contributed by atoms with Crippen LogP contribution in [-0.2, 0) is 4.79 Å². The predicted octanol–water partition coefficient (Wildman–Crippen LogP) is 4.59. The maximum Gasteiger partial charge on any atom is 0.255 e. The predicted molar refractivity (Wildman–Crippen MR) is 137 cm³/mol. The van der Waals surface area contributed by atoms with Gasteiger partial charge >= 0.3 is 0 Å². The smallest absolute Gasteiger partial charge is 0.255 e. The number of aromatic amines is 1. The van der Waals surface area contributed by atoms with Crippen LogP contribution in [0.3, 0.4) is 0 Å². The normalized spacial score (nSPS) is 18.6. The van der Waals surface area contributed by atoms with E-state index in [1.165, 1.54) is 12.1 Å². The molecular weight excluding hydrogens is 455 g/mol. The second kappa shape index (κ2) is 8.82. The van der Waals surface area contributed by atoms with Crippen molar-refractivity contribution >= 4 is 28.4 Å². The minimum absolute atomic E-state index is 0.0558. The van der Waals surface area contributed by atoms with Crippen molar-refractivity contribution in [2.75, 3.05) is 31.1 Å². The van der Waals surface area contributed by atoms with E-state index in [0.717, 1.165) is 27.7 Å². The first-order valence-electron chi connectivity index (χ1n) is 12.3. The number of carbonyl (C=O) groups is 2. The molecule has 2 aliphatic heterocycles. The molecule has 1 fully saturated rings. The minimum Gasteiger partial charge on any atom is -0.368 e. The summed E-state index contributed by atoms with van der Waals surface area (Å²) in [6.45, 7) is 4.25. The Morgan fingerprint density at radius 2 is 1.61 bits per heavy atom. The average molecular weight is 483 g/mol. The molecule has 0 saturated carbocycles. The van der Waals surface area contributed by atoms with Crippen molar-refractivity contribution in [3.8, 4) is 0 Å². The summed E-state index contributed by atoms with van der Waals surface area (Å²) < 4.78 is 13.3. The third kappa shape index (κ3) is 3.63. The maximum absolute atomic E-state index is 13.7. The van der Waals surface area contributed by atoms with Gasteiger partial charge in [0, 0.05) is 60.1 Å². The van der Waals surface area contributed by atoms with E-state index < -0.39 is 6.04 Å². The first-order valence-corrected chi connectivity index (χ1v) is 12.3. The molecule has 4 aromatic rings. The van der Waals surface area contributed by atoms with Crippen molar-refractivity contribution in [1.29, 1.82) is 0 Å². The molecule has 2 atom stereocenters. The lowest BCUT2D eigenvalue weighted by Gasteiger charge is -2.39. The number of benzene rings is 3. The van der Waals surface area contributed by atoms with Gasteiger partial charge in [0.25, 0.3) is 5.91 Å². The van der Waals surface area contributed by atoms with Gasteiger partial charge in [-0.3, -0.25) is 9.59 Å². The number of halogens is 1. The number of amides is 2. The molecule has 2 unspecified atom stereocenters. The number of piperazine rings is 1. The van der Waals surface area contributed by atoms with Crippen LogP contribution in [0.2, 0.25) is 0 Å². The van der Waals surface area contributed by atoms with Crippen molar-refractivity contribution in [2.24, 2.45) is 0 Å². The van der Waals surface area contributed by atoms with Crippen LogP contribution in [0, 0.1) is 5.82 Å². The van der Waals surface area contributed by atoms with Crippen LogP contribution in [0.25, 0.3) is 10.9 Å². The summed E-state index contributed by atoms with van der Waals surface area (Å²) in [5.41, 5.74) is 4.51. The summed E-state index contributed by atoms with van der Waals surface area (Å²) in [6.07, 6.45) is 1.95. The fourth-order valence-corrected chi connectivity index (χ4v) is 5.59. The van der Waals surface area contributed by atoms with Gasteiger partial charge in [-0.25, -0.2) is 4.39 Å². The van der Waals surface area contributed by atoms with Gasteiger partial charge in [-0.15, -0.1) is 0 Å². The third-order valence-corrected chi connectivity index (χ3v) is 7.47. The topological polar surface area (TPSA) is 59.7 Å². The fraction of sp³-hybridized carbons (Fsp3) is 0.241. The standard InChI is InChI=1S/C29H27FN4O2/c1-19(28(35)33-16-14-32(15-17-33)21-12-10-20(30)11-13-21)34-27(23-7-2-3-8-24(23)29(34)36)25-18-31-26-9-5-4-6-22(25)26/h2-13,18-19,27,31H,14-17H2,1H3. The zero-order chi connectivity index (χ0) is 24.8. The van der Waals surface area contributed by atoms with E-state index in [1.807, 2.05) is 66.6 Å². The van der Waals surface area contributed by atoms with E-state index >= 15 is 0 Å². The molecule has 6 rings (SSSR count). The Balaban J connectivity index is 1.27. The van der Waals surface area contributed by atoms with Crippen molar-refractivity contribution in [3.05, 3.63) is 102 Å². The molecule has 3 aromatic carbocycles. The lowest BCUT2D eigenvalue weighted by atomic mass is 9.97. The number of H-pyrrole nitrogens is 1. The van der Waals surface area contributed by atoms with Crippen LogP contribution in [0.15, 0.2) is 79.0 Å². The number of fused-ring (bicyclic) bond motifs is 2. The molecule has 2 amide bonds. The van der Waals surface area contributed by atoms with Crippen LogP contribution >= 0.6 is 0 Å². The monoisotopic (exact) mass is 482 g/mol. The van der Waals surface area contributed by atoms with Crippen molar-refractivity contribution < 1.29 is 14.0 Å². The second-order valence-electron chi connectivity index (χ2n) is 9.46. The van der Waals surface area contributed by atoms with Gasteiger partial charge in [-0.1, -0.05) is 36.4 Å². The molecule has 7 heteroatoms. The quantitative estimate of drug-likeness (QED) is 0.463. The molecule has 0 bridgehead atoms. The molecule has 0 spiro atoms. The SMILES string of the molecule is CC(C(=O)N1CCN(c2ccc(F)cc2)CC1)N1C(=O)c2ccccc2C1c1c[nH]c2ccccc12. The van der Waals surface area contributed by atoms with Crippen LogP contribution in [-0.4, -0.2) is 58.8 Å². The van der Waals surface area contributed by atoms with Crippen LogP contribution in [0.4, 0.5) is 10.1 Å². The highest BCUT2D eigenvalue weighted by molar-refractivity contribution is 6.03. The molecule has 6 nitrogen and oxygen atoms in total. The number of para-hydroxylation sites is 1. The molecule has 1 N–H and O–H groups in total. The van der Waals surface area contributed by atoms with E-state index in [9.17, 15) is 14.0 Å². The lowest BCUT2D eigenvalue weighted by molar-refractivity contribution is -0.136. The number of hydrogen-bond acceptors (Lipinski definition) is 3. The minimum atomic E-state index is -0.624. The second-order valence-corrected chi connectivity index (χ2v) is 9.46. The van der Waals surface area contributed by atoms with Crippen LogP contribution in [0.1, 0.15) is 34.5 Å². The highest BCUT2D eigenvalue weighted by Crippen LogP contribution is 2.42. The van der Waals surface area contributed by atoms with Crippen LogP contribution in [0.5, 0.6) is 0 Å². The number of nitrogens with one attached hydrogen (secondary N) is 1. The Morgan fingerprint density at radius 1 is 0.917 bits per heavy atom. The number of carbonyl (C=O) groups excluding carboxylic acids is 2. The molecular formula is C29H27FN4O2. The van der Waals surface area contributed by atoms with Gasteiger partial charge in [0.2, 0.25) is 5.91 Å². The molecule has 0 aliphatic carbocycles. The molecule has 2 aliphatic rings. The largest absolute Gasteiger partial charge is 0.368 e. The third-order valence-electron chi connectivity index (χ3n) is 7.47. The highest BCUT2D eigenvalue weighted by Gasteiger charge is 2.44. The zero-order valence-corrected chi connectivity index (χ0v) is 20.0. The Kier molecular flexibility index (Phi) is 5.48. The number of rotatable bonds is 4. The molecule has 1 aromatic heterocycles. The average Bonchev–Trinajstić information content (AvgIpc) is 3.47. The Labute approximate surface area is 208 Å². The Morgan fingerprint density at radius 3 is 2.39 bits per heavy atom. The summed E-state index contributed by atoms with van der Waals surface area (Å²) >= 11 is 0. The molecule has 0 radical (unpaired) electrons. The molecule has 3 heterocycles. The molecule has 36 heavy (non-hydrogen) atoms. The van der Waals surface area contributed by atoms with Gasteiger partial charge in [0.15, 0.2) is 0 Å². The van der Waals surface area contributed by atoms with E-state index in [4.69, 9.17) is 0 Å². The van der Waals surface area contributed by atoms with Crippen molar-refractivity contribution in [3.63, 3.8) is 0 Å². The Bertz CT molecular complexity index is 1440. The summed E-state index contributed by atoms with van der Waals surface area (Å²) in [5.74, 6) is -0.436. The number of hydrogen-bond donors (Lipinski definition) is 1. The van der Waals surface area contributed by atoms with Crippen molar-refractivity contribution in [2.45, 2.75) is 19.0 Å². The zero-order valence-electron chi connectivity index (χ0n) is 20.0. The summed E-state index contributed by atoms with van der Waals surface area (Å²) in [5, 5.41) is 1.05. The van der Waals surface area contributed by atoms with Gasteiger partial charge in [-0.05, 0) is 48.9 Å². The Hall–Kier alpha value is -4.13. The molecule has 182 valence electrons. The number of anilines is 1. The van der Waals surface area contributed by atoms with Crippen LogP contribution < -0.4 is 4.90 Å². The van der Waals surface area contributed by atoms with Gasteiger partial charge < -0.3 is 19.7 Å². The van der Waals surface area contributed by atoms with E-state index in [1.54, 1.807) is 17.0 Å². The van der Waals surface area contributed by atoms with E-state index in [2.05, 4.69) is 9.88 Å². The number of aromatic nitrogens is 1. The first-order chi connectivity index (χ1) is 17.5. The summed E-state index contributed by atoms with van der Waals surface area (Å²) in [6, 6.07) is 21.1. The lowest BCUT2D eigenvalue weighted by Crippen LogP contribution is -2.55. The summed E-state index contributed by atoms with van der Waals surface area (Å²) in [7, 11) is 0. The maximum atomic E-state index is 13.7. The van der Waals surface area contributed by atoms with Crippen molar-refractivity contribution in [1.82, 2.24) is 14.8 Å². The van der Waals surface area contributed by atoms with E-state index in [0.29, 0.717) is 31.7 Å². The van der Waals surface area contributed by atoms with E-state index in [-0.39, 0.29) is 23.7 Å². The van der Waals surface area contributed by atoms with Gasteiger partial charge in [0.1, 0.15) is 11.9 Å². The van der Waals surface area contributed by atoms with Gasteiger partial charge in [0.05, 0.1) is 6.04 Å². The molecule has 1 saturated heterocycles. The van der Waals surface area contributed by atoms with Gasteiger partial charge in [-0.2, -0.15) is 0 Å². The fourth-order valence-electron chi connectivity index (χ4n) is 5.59. The highest BCUT2D eigenvalue weighted by atomic mass is 19.1. The summed E-state index contributed by atoms with van der Waals surface area (Å²) in [4.78, 5) is 36.4.